The number of hydrogen-bond donors (Lipinski definition) is 1. The first-order chi connectivity index (χ1) is 14.2. The van der Waals surface area contributed by atoms with Gasteiger partial charge in [0.15, 0.2) is 11.5 Å². The van der Waals surface area contributed by atoms with Crippen LogP contribution in [0.25, 0.3) is 11.1 Å². The molecule has 0 aliphatic carbocycles. The van der Waals surface area contributed by atoms with Gasteiger partial charge in [-0.3, -0.25) is 4.90 Å². The Kier molecular flexibility index (Phi) is 5.97. The third kappa shape index (κ3) is 4.52. The maximum atomic E-state index is 9.52. The van der Waals surface area contributed by atoms with E-state index in [-0.39, 0.29) is 0 Å². The van der Waals surface area contributed by atoms with Gasteiger partial charge in [0.05, 0.1) is 7.11 Å². The van der Waals surface area contributed by atoms with Gasteiger partial charge >= 0.3 is 0 Å². The summed E-state index contributed by atoms with van der Waals surface area (Å²) in [4.78, 5) is 3.61. The largest absolute Gasteiger partial charge is 0.508 e. The molecule has 0 fully saturated rings. The molecule has 0 bridgehead atoms. The molecule has 0 atom stereocenters. The summed E-state index contributed by atoms with van der Waals surface area (Å²) >= 11 is 1.74. The molecule has 0 unspecified atom stereocenters. The molecule has 1 aliphatic heterocycles. The third-order valence-corrected chi connectivity index (χ3v) is 5.91. The summed E-state index contributed by atoms with van der Waals surface area (Å²) in [7, 11) is 1.69. The van der Waals surface area contributed by atoms with E-state index in [4.69, 9.17) is 9.47 Å². The van der Waals surface area contributed by atoms with E-state index < -0.39 is 0 Å². The molecule has 3 aromatic carbocycles. The van der Waals surface area contributed by atoms with Gasteiger partial charge in [-0.2, -0.15) is 0 Å². The highest BCUT2D eigenvalue weighted by Crippen LogP contribution is 2.38. The van der Waals surface area contributed by atoms with Crippen LogP contribution >= 0.6 is 11.8 Å². The molecule has 0 radical (unpaired) electrons. The van der Waals surface area contributed by atoms with Crippen molar-refractivity contribution in [2.45, 2.75) is 18.0 Å². The number of aromatic hydroxyl groups is 1. The highest BCUT2D eigenvalue weighted by atomic mass is 32.2. The monoisotopic (exact) mass is 407 g/mol. The number of benzene rings is 3. The summed E-state index contributed by atoms with van der Waals surface area (Å²) < 4.78 is 11.7. The van der Waals surface area contributed by atoms with Crippen LogP contribution in [0, 0.1) is 0 Å². The third-order valence-electron chi connectivity index (χ3n) is 5.17. The highest BCUT2D eigenvalue weighted by Gasteiger charge is 2.20. The Hall–Kier alpha value is -2.63. The van der Waals surface area contributed by atoms with Crippen LogP contribution in [0.3, 0.4) is 0 Å². The average molecular weight is 408 g/mol. The second kappa shape index (κ2) is 8.80. The van der Waals surface area contributed by atoms with Crippen LogP contribution in [0.15, 0.2) is 65.6 Å². The van der Waals surface area contributed by atoms with Crippen LogP contribution in [-0.2, 0) is 13.1 Å². The van der Waals surface area contributed by atoms with Crippen LogP contribution in [0.4, 0.5) is 0 Å². The first-order valence-corrected chi connectivity index (χ1v) is 10.9. The predicted molar refractivity (Wildman–Crippen MR) is 118 cm³/mol. The first kappa shape index (κ1) is 19.7. The molecule has 0 saturated heterocycles. The standard InChI is InChI=1S/C24H25NO3S/c1-27-23-14-19(18-5-9-22(29-2)10-6-18)13-20-16-25(11-12-28-24(20)23)15-17-3-7-21(26)8-4-17/h3-10,13-14,26H,11-12,15-16H2,1-2H3. The maximum Gasteiger partial charge on any atom is 0.165 e. The molecule has 3 aromatic rings. The van der Waals surface area contributed by atoms with Crippen molar-refractivity contribution in [1.82, 2.24) is 4.90 Å². The number of nitrogens with zero attached hydrogens (tertiary/aromatic N) is 1. The number of phenolic OH excluding ortho intramolecular Hbond substituents is 1. The highest BCUT2D eigenvalue weighted by molar-refractivity contribution is 7.98. The zero-order chi connectivity index (χ0) is 20.2. The number of methoxy groups -OCH3 is 1. The average Bonchev–Trinajstić information content (AvgIpc) is 2.96. The molecular weight excluding hydrogens is 382 g/mol. The van der Waals surface area contributed by atoms with E-state index in [1.165, 1.54) is 16.0 Å². The van der Waals surface area contributed by atoms with Gasteiger partial charge in [-0.25, -0.2) is 0 Å². The molecule has 0 aromatic heterocycles. The summed E-state index contributed by atoms with van der Waals surface area (Å²) in [5, 5.41) is 9.52. The number of rotatable bonds is 5. The van der Waals surface area contributed by atoms with Crippen molar-refractivity contribution in [3.8, 4) is 28.4 Å². The molecule has 1 aliphatic rings. The summed E-state index contributed by atoms with van der Waals surface area (Å²) in [6.45, 7) is 3.03. The van der Waals surface area contributed by atoms with Gasteiger partial charge in [-0.05, 0) is 59.3 Å². The van der Waals surface area contributed by atoms with Crippen LogP contribution in [-0.4, -0.2) is 36.5 Å². The molecule has 0 spiro atoms. The quantitative estimate of drug-likeness (QED) is 0.590. The fourth-order valence-corrected chi connectivity index (χ4v) is 4.04. The molecule has 0 amide bonds. The number of hydrogen-bond acceptors (Lipinski definition) is 5. The summed E-state index contributed by atoms with van der Waals surface area (Å²) in [6.07, 6.45) is 2.08. The molecular formula is C24H25NO3S. The van der Waals surface area contributed by atoms with E-state index in [1.54, 1.807) is 31.0 Å². The minimum Gasteiger partial charge on any atom is -0.508 e. The molecule has 29 heavy (non-hydrogen) atoms. The summed E-state index contributed by atoms with van der Waals surface area (Å²) in [5.41, 5.74) is 4.59. The van der Waals surface area contributed by atoms with Crippen molar-refractivity contribution in [1.29, 1.82) is 0 Å². The Labute approximate surface area is 176 Å². The Bertz CT molecular complexity index is 971. The molecule has 0 saturated carbocycles. The lowest BCUT2D eigenvalue weighted by molar-refractivity contribution is 0.217. The molecule has 5 heteroatoms. The minimum atomic E-state index is 0.292. The Balaban J connectivity index is 1.64. The van der Waals surface area contributed by atoms with Crippen molar-refractivity contribution in [3.63, 3.8) is 0 Å². The van der Waals surface area contributed by atoms with Gasteiger partial charge in [-0.15, -0.1) is 11.8 Å². The minimum absolute atomic E-state index is 0.292. The van der Waals surface area contributed by atoms with Gasteiger partial charge in [0.2, 0.25) is 0 Å². The van der Waals surface area contributed by atoms with E-state index in [1.807, 2.05) is 12.1 Å². The second-order valence-electron chi connectivity index (χ2n) is 7.12. The van der Waals surface area contributed by atoms with Crippen LogP contribution < -0.4 is 9.47 Å². The van der Waals surface area contributed by atoms with Gasteiger partial charge in [0.25, 0.3) is 0 Å². The fraction of sp³-hybridized carbons (Fsp3) is 0.250. The maximum absolute atomic E-state index is 9.52. The topological polar surface area (TPSA) is 41.9 Å². The number of thioether (sulfide) groups is 1. The normalized spacial score (nSPS) is 14.0. The van der Waals surface area contributed by atoms with Gasteiger partial charge in [0.1, 0.15) is 12.4 Å². The van der Waals surface area contributed by atoms with Crippen molar-refractivity contribution in [3.05, 3.63) is 71.8 Å². The van der Waals surface area contributed by atoms with E-state index in [0.29, 0.717) is 12.4 Å². The van der Waals surface area contributed by atoms with Gasteiger partial charge in [-0.1, -0.05) is 24.3 Å². The summed E-state index contributed by atoms with van der Waals surface area (Å²) in [5.74, 6) is 1.91. The zero-order valence-corrected chi connectivity index (χ0v) is 17.5. The van der Waals surface area contributed by atoms with E-state index in [0.717, 1.165) is 42.3 Å². The molecule has 150 valence electrons. The molecule has 4 nitrogen and oxygen atoms in total. The van der Waals surface area contributed by atoms with E-state index in [9.17, 15) is 5.11 Å². The van der Waals surface area contributed by atoms with Crippen molar-refractivity contribution < 1.29 is 14.6 Å². The summed E-state index contributed by atoms with van der Waals surface area (Å²) in [6, 6.07) is 20.3. The van der Waals surface area contributed by atoms with E-state index >= 15 is 0 Å². The lowest BCUT2D eigenvalue weighted by Crippen LogP contribution is -2.25. The number of fused-ring (bicyclic) bond motifs is 1. The molecule has 1 heterocycles. The van der Waals surface area contributed by atoms with Gasteiger partial charge < -0.3 is 14.6 Å². The van der Waals surface area contributed by atoms with Crippen molar-refractivity contribution in [2.75, 3.05) is 26.5 Å². The van der Waals surface area contributed by atoms with Crippen molar-refractivity contribution in [2.24, 2.45) is 0 Å². The fourth-order valence-electron chi connectivity index (χ4n) is 3.63. The number of ether oxygens (including phenoxy) is 2. The predicted octanol–water partition coefficient (Wildman–Crippen LogP) is 5.18. The Morgan fingerprint density at radius 2 is 1.79 bits per heavy atom. The van der Waals surface area contributed by atoms with Gasteiger partial charge in [0, 0.05) is 30.1 Å². The SMILES string of the molecule is COc1cc(-c2ccc(SC)cc2)cc2c1OCCN(Cc1ccc(O)cc1)C2. The van der Waals surface area contributed by atoms with Crippen LogP contribution in [0.1, 0.15) is 11.1 Å². The lowest BCUT2D eigenvalue weighted by atomic mass is 10.0. The Morgan fingerprint density at radius 3 is 2.48 bits per heavy atom. The first-order valence-electron chi connectivity index (χ1n) is 9.64. The Morgan fingerprint density at radius 1 is 1.03 bits per heavy atom. The second-order valence-corrected chi connectivity index (χ2v) is 8.00. The van der Waals surface area contributed by atoms with Crippen molar-refractivity contribution >= 4 is 11.8 Å². The molecule has 4 rings (SSSR count). The van der Waals surface area contributed by atoms with Crippen LogP contribution in [0.2, 0.25) is 0 Å². The zero-order valence-electron chi connectivity index (χ0n) is 16.7. The number of phenols is 1. The lowest BCUT2D eigenvalue weighted by Gasteiger charge is -2.20. The smallest absolute Gasteiger partial charge is 0.165 e. The molecule has 1 N–H and O–H groups in total. The van der Waals surface area contributed by atoms with Crippen LogP contribution in [0.5, 0.6) is 17.2 Å². The van der Waals surface area contributed by atoms with E-state index in [2.05, 4.69) is 47.6 Å².